The van der Waals surface area contributed by atoms with Crippen LogP contribution in [0.15, 0.2) is 53.0 Å². The van der Waals surface area contributed by atoms with Crippen molar-refractivity contribution in [3.63, 3.8) is 0 Å². The van der Waals surface area contributed by atoms with Gasteiger partial charge in [0.15, 0.2) is 12.3 Å². The number of nitrogens with one attached hydrogen (secondary N) is 1. The van der Waals surface area contributed by atoms with Crippen LogP contribution in [0.25, 0.3) is 5.57 Å². The monoisotopic (exact) mass is 613 g/mol. The molecule has 0 spiro atoms. The fourth-order valence-corrected chi connectivity index (χ4v) is 6.11. The first-order valence-corrected chi connectivity index (χ1v) is 15.1. The van der Waals surface area contributed by atoms with E-state index in [1.54, 1.807) is 13.1 Å². The smallest absolute Gasteiger partial charge is 0.305 e. The van der Waals surface area contributed by atoms with Gasteiger partial charge >= 0.3 is 5.97 Å². The number of carboxylic acid groups (broad SMARTS) is 1. The van der Waals surface area contributed by atoms with Crippen LogP contribution in [-0.4, -0.2) is 70.6 Å². The summed E-state index contributed by atoms with van der Waals surface area (Å²) in [6, 6.07) is 4.65. The molecule has 0 radical (unpaired) electrons. The number of hydrogen-bond donors (Lipinski definition) is 2. The number of likely N-dealkylation sites (tertiary alicyclic amines) is 1. The van der Waals surface area contributed by atoms with Crippen molar-refractivity contribution >= 4 is 17.4 Å². The number of carbonyl (C=O) groups is 2. The number of hydrogen-bond acceptors (Lipinski definition) is 4. The zero-order valence-electron chi connectivity index (χ0n) is 25.9. The Morgan fingerprint density at radius 3 is 2.32 bits per heavy atom. The Morgan fingerprint density at radius 2 is 1.73 bits per heavy atom. The summed E-state index contributed by atoms with van der Waals surface area (Å²) < 4.78 is 45.3. The molecular weight excluding hydrogens is 571 g/mol. The average Bonchev–Trinajstić information content (AvgIpc) is 2.91. The number of nitrogens with zero attached hydrogens (tertiary/aromatic N) is 2. The van der Waals surface area contributed by atoms with Gasteiger partial charge in [0.05, 0.1) is 12.5 Å². The molecule has 1 saturated heterocycles. The largest absolute Gasteiger partial charge is 0.481 e. The van der Waals surface area contributed by atoms with Gasteiger partial charge in [-0.25, -0.2) is 13.2 Å². The summed E-state index contributed by atoms with van der Waals surface area (Å²) in [4.78, 5) is 41.0. The lowest BCUT2D eigenvalue weighted by atomic mass is 9.84. The first kappa shape index (κ1) is 33.2. The SMILES string of the molecule is Cc1cc(=O)n([C@@H](CC(C)C)C(=O)N[C@@H](CC(=O)O)C2=CC(c3c(C)cccc3C)=CC(F)C2F)cc1CCN1CC(F)C1. The first-order valence-electron chi connectivity index (χ1n) is 15.1. The van der Waals surface area contributed by atoms with Crippen molar-refractivity contribution in [1.82, 2.24) is 14.8 Å². The van der Waals surface area contributed by atoms with Crippen LogP contribution in [-0.2, 0) is 16.0 Å². The number of aryl methyl sites for hydroxylation is 3. The molecule has 1 aliphatic heterocycles. The summed E-state index contributed by atoms with van der Waals surface area (Å²) in [5.74, 6) is -1.98. The van der Waals surface area contributed by atoms with Crippen LogP contribution in [0.4, 0.5) is 13.2 Å². The molecule has 2 N–H and O–H groups in total. The molecule has 2 aromatic rings. The molecule has 0 saturated carbocycles. The van der Waals surface area contributed by atoms with Gasteiger partial charge in [-0.3, -0.25) is 19.3 Å². The third-order valence-electron chi connectivity index (χ3n) is 8.47. The van der Waals surface area contributed by atoms with Crippen LogP contribution in [0.5, 0.6) is 0 Å². The normalized spacial score (nSPS) is 20.5. The van der Waals surface area contributed by atoms with Gasteiger partial charge in [-0.15, -0.1) is 0 Å². The van der Waals surface area contributed by atoms with Crippen LogP contribution in [0.2, 0.25) is 0 Å². The van der Waals surface area contributed by atoms with Gasteiger partial charge in [0.2, 0.25) is 5.91 Å². The van der Waals surface area contributed by atoms with E-state index < -0.39 is 54.5 Å². The van der Waals surface area contributed by atoms with Gasteiger partial charge in [-0.05, 0) is 84.6 Å². The minimum absolute atomic E-state index is 0.0282. The first-order chi connectivity index (χ1) is 20.7. The zero-order valence-corrected chi connectivity index (χ0v) is 25.9. The van der Waals surface area contributed by atoms with Crippen LogP contribution < -0.4 is 10.9 Å². The molecule has 2 aliphatic rings. The highest BCUT2D eigenvalue weighted by Gasteiger charge is 2.36. The zero-order chi connectivity index (χ0) is 32.3. The summed E-state index contributed by atoms with van der Waals surface area (Å²) in [5.41, 5.74) is 3.84. The fraction of sp³-hybridized carbons (Fsp3) is 0.500. The second kappa shape index (κ2) is 14.0. The average molecular weight is 614 g/mol. The van der Waals surface area contributed by atoms with Crippen molar-refractivity contribution in [2.24, 2.45) is 5.92 Å². The molecule has 1 aliphatic carbocycles. The summed E-state index contributed by atoms with van der Waals surface area (Å²) >= 11 is 0. The Morgan fingerprint density at radius 1 is 1.07 bits per heavy atom. The Hall–Kier alpha value is -3.66. The predicted octanol–water partition coefficient (Wildman–Crippen LogP) is 5.22. The molecule has 4 atom stereocenters. The van der Waals surface area contributed by atoms with Crippen molar-refractivity contribution in [2.75, 3.05) is 19.6 Å². The molecule has 1 aromatic heterocycles. The number of aliphatic carboxylic acids is 1. The molecule has 2 unspecified atom stereocenters. The third kappa shape index (κ3) is 7.70. The molecule has 44 heavy (non-hydrogen) atoms. The number of carboxylic acids is 1. The summed E-state index contributed by atoms with van der Waals surface area (Å²) in [6.45, 7) is 10.6. The highest BCUT2D eigenvalue weighted by atomic mass is 19.2. The van der Waals surface area contributed by atoms with E-state index in [1.807, 2.05) is 50.8 Å². The van der Waals surface area contributed by atoms with Gasteiger partial charge in [-0.1, -0.05) is 38.1 Å². The number of rotatable bonds is 12. The van der Waals surface area contributed by atoms with Crippen LogP contribution >= 0.6 is 0 Å². The van der Waals surface area contributed by atoms with Crippen molar-refractivity contribution in [3.05, 3.63) is 86.4 Å². The summed E-state index contributed by atoms with van der Waals surface area (Å²) in [6.07, 6.45) is -0.619. The van der Waals surface area contributed by atoms with E-state index in [9.17, 15) is 23.9 Å². The van der Waals surface area contributed by atoms with Crippen molar-refractivity contribution < 1.29 is 27.9 Å². The van der Waals surface area contributed by atoms with E-state index in [4.69, 9.17) is 0 Å². The predicted molar refractivity (Wildman–Crippen MR) is 165 cm³/mol. The number of alkyl halides is 3. The van der Waals surface area contributed by atoms with Gasteiger partial charge in [0.1, 0.15) is 12.2 Å². The number of halogens is 3. The van der Waals surface area contributed by atoms with Gasteiger partial charge in [0, 0.05) is 31.9 Å². The van der Waals surface area contributed by atoms with Crippen LogP contribution in [0, 0.1) is 26.7 Å². The highest BCUT2D eigenvalue weighted by molar-refractivity contribution is 5.84. The van der Waals surface area contributed by atoms with Gasteiger partial charge in [0.25, 0.3) is 5.56 Å². The van der Waals surface area contributed by atoms with Gasteiger partial charge in [-0.2, -0.15) is 0 Å². The maximum Gasteiger partial charge on any atom is 0.305 e. The van der Waals surface area contributed by atoms with Gasteiger partial charge < -0.3 is 15.0 Å². The number of pyridine rings is 1. The molecule has 10 heteroatoms. The molecule has 2 heterocycles. The van der Waals surface area contributed by atoms with Crippen molar-refractivity contribution in [2.45, 2.75) is 84.5 Å². The lowest BCUT2D eigenvalue weighted by molar-refractivity contribution is -0.137. The number of aromatic nitrogens is 1. The van der Waals surface area contributed by atoms with Crippen LogP contribution in [0.1, 0.15) is 60.5 Å². The van der Waals surface area contributed by atoms with E-state index in [0.717, 1.165) is 27.8 Å². The molecule has 1 aromatic carbocycles. The second-order valence-corrected chi connectivity index (χ2v) is 12.5. The fourth-order valence-electron chi connectivity index (χ4n) is 6.11. The number of benzene rings is 1. The standard InChI is InChI=1S/C34H42F3N3O4/c1-19(2)11-29(40-16-23(22(5)12-30(40)41)9-10-39-17-25(35)18-39)34(44)38-28(15-31(42)43)26-13-24(14-27(36)33(26)37)32-20(3)7-6-8-21(32)4/h6-8,12-14,16,19,25,27-29,33H,9-11,15,17-18H2,1-5H3,(H,38,44)(H,42,43)/t27?,28-,29-,33?/m0/s1. The molecule has 1 fully saturated rings. The number of amides is 1. The molecule has 4 rings (SSSR count). The minimum Gasteiger partial charge on any atom is -0.481 e. The number of allylic oxidation sites excluding steroid dienone is 3. The van der Waals surface area contributed by atoms with E-state index in [1.165, 1.54) is 22.8 Å². The Bertz CT molecular complexity index is 1490. The van der Waals surface area contributed by atoms with E-state index in [-0.39, 0.29) is 17.9 Å². The maximum absolute atomic E-state index is 15.5. The Labute approximate surface area is 256 Å². The Balaban J connectivity index is 1.67. The van der Waals surface area contributed by atoms with Crippen molar-refractivity contribution in [3.8, 4) is 0 Å². The Kier molecular flexibility index (Phi) is 10.6. The topological polar surface area (TPSA) is 91.6 Å². The third-order valence-corrected chi connectivity index (χ3v) is 8.47. The summed E-state index contributed by atoms with van der Waals surface area (Å²) in [7, 11) is 0. The molecular formula is C34H42F3N3O4. The molecule has 1 amide bonds. The quantitative estimate of drug-likeness (QED) is 0.343. The molecule has 7 nitrogen and oxygen atoms in total. The van der Waals surface area contributed by atoms with E-state index in [0.29, 0.717) is 31.6 Å². The molecule has 0 bridgehead atoms. The highest BCUT2D eigenvalue weighted by Crippen LogP contribution is 2.35. The second-order valence-electron chi connectivity index (χ2n) is 12.5. The minimum atomic E-state index is -2.16. The summed E-state index contributed by atoms with van der Waals surface area (Å²) in [5, 5.41) is 12.4. The maximum atomic E-state index is 15.5. The molecule has 238 valence electrons. The van der Waals surface area contributed by atoms with E-state index in [2.05, 4.69) is 5.32 Å². The van der Waals surface area contributed by atoms with Crippen molar-refractivity contribution in [1.29, 1.82) is 0 Å². The van der Waals surface area contributed by atoms with Crippen LogP contribution in [0.3, 0.4) is 0 Å². The lowest BCUT2D eigenvalue weighted by Gasteiger charge is -2.34. The number of carbonyl (C=O) groups excluding carboxylic acids is 1. The van der Waals surface area contributed by atoms with E-state index >= 15 is 8.78 Å². The lowest BCUT2D eigenvalue weighted by Crippen LogP contribution is -2.49.